The zero-order valence-corrected chi connectivity index (χ0v) is 11.0. The van der Waals surface area contributed by atoms with Crippen LogP contribution in [0.1, 0.15) is 32.6 Å². The van der Waals surface area contributed by atoms with E-state index in [1.807, 2.05) is 11.3 Å². The lowest BCUT2D eigenvalue weighted by molar-refractivity contribution is 0.176. The number of hydrogen-bond acceptors (Lipinski definition) is 3. The lowest BCUT2D eigenvalue weighted by atomic mass is 10.1. The van der Waals surface area contributed by atoms with Gasteiger partial charge in [0.15, 0.2) is 0 Å². The van der Waals surface area contributed by atoms with E-state index in [-0.39, 0.29) is 5.54 Å². The summed E-state index contributed by atoms with van der Waals surface area (Å²) in [6.45, 7) is 10.5. The van der Waals surface area contributed by atoms with Crippen molar-refractivity contribution in [3.8, 4) is 0 Å². The highest BCUT2D eigenvalue weighted by atomic mass is 32.1. The van der Waals surface area contributed by atoms with E-state index in [2.05, 4.69) is 50.1 Å². The van der Waals surface area contributed by atoms with Crippen LogP contribution in [0, 0.1) is 0 Å². The van der Waals surface area contributed by atoms with Crippen molar-refractivity contribution in [2.75, 3.05) is 6.54 Å². The first-order valence-corrected chi connectivity index (χ1v) is 6.32. The van der Waals surface area contributed by atoms with Gasteiger partial charge in [0.05, 0.1) is 0 Å². The van der Waals surface area contributed by atoms with Gasteiger partial charge >= 0.3 is 0 Å². The third-order valence-corrected chi connectivity index (χ3v) is 3.14. The molecule has 1 heterocycles. The minimum atomic E-state index is -0.123. The van der Waals surface area contributed by atoms with Gasteiger partial charge in [0.2, 0.25) is 0 Å². The van der Waals surface area contributed by atoms with E-state index in [1.54, 1.807) is 0 Å². The van der Waals surface area contributed by atoms with Gasteiger partial charge in [-0.15, -0.1) is 11.3 Å². The van der Waals surface area contributed by atoms with Gasteiger partial charge in [-0.25, -0.2) is 0 Å². The summed E-state index contributed by atoms with van der Waals surface area (Å²) in [5, 5.41) is 2.13. The van der Waals surface area contributed by atoms with E-state index < -0.39 is 0 Å². The van der Waals surface area contributed by atoms with E-state index in [0.29, 0.717) is 6.04 Å². The maximum absolute atomic E-state index is 6.06. The van der Waals surface area contributed by atoms with Crippen LogP contribution in [-0.4, -0.2) is 23.0 Å². The van der Waals surface area contributed by atoms with Gasteiger partial charge in [0.25, 0.3) is 0 Å². The van der Waals surface area contributed by atoms with Crippen LogP contribution >= 0.6 is 11.3 Å². The Morgan fingerprint density at radius 2 is 2.13 bits per heavy atom. The Hall–Kier alpha value is -0.380. The molecular weight excluding hydrogens is 204 g/mol. The van der Waals surface area contributed by atoms with Crippen molar-refractivity contribution in [1.82, 2.24) is 4.90 Å². The fraction of sp³-hybridized carbons (Fsp3) is 0.667. The zero-order chi connectivity index (χ0) is 11.5. The standard InChI is InChI=1S/C12H22N2S/c1-10(2)14(9-12(3,4)13)8-11-6-5-7-15-11/h5-7,10H,8-9,13H2,1-4H3. The molecule has 86 valence electrons. The summed E-state index contributed by atoms with van der Waals surface area (Å²) in [6, 6.07) is 4.82. The minimum absolute atomic E-state index is 0.123. The second-order valence-corrected chi connectivity index (χ2v) is 6.10. The molecule has 0 saturated heterocycles. The second kappa shape index (κ2) is 5.10. The number of nitrogens with zero attached hydrogens (tertiary/aromatic N) is 1. The Morgan fingerprint density at radius 1 is 1.47 bits per heavy atom. The molecule has 2 nitrogen and oxygen atoms in total. The maximum atomic E-state index is 6.06. The van der Waals surface area contributed by atoms with Crippen molar-refractivity contribution >= 4 is 11.3 Å². The SMILES string of the molecule is CC(C)N(Cc1cccs1)CC(C)(C)N. The van der Waals surface area contributed by atoms with Crippen molar-refractivity contribution in [3.63, 3.8) is 0 Å². The summed E-state index contributed by atoms with van der Waals surface area (Å²) < 4.78 is 0. The summed E-state index contributed by atoms with van der Waals surface area (Å²) in [5.74, 6) is 0. The third kappa shape index (κ3) is 4.78. The molecule has 3 heteroatoms. The van der Waals surface area contributed by atoms with Crippen LogP contribution in [0.3, 0.4) is 0 Å². The molecule has 0 amide bonds. The lowest BCUT2D eigenvalue weighted by Gasteiger charge is -2.32. The van der Waals surface area contributed by atoms with Crippen LogP contribution in [-0.2, 0) is 6.54 Å². The first kappa shape index (κ1) is 12.7. The van der Waals surface area contributed by atoms with Crippen molar-refractivity contribution in [3.05, 3.63) is 22.4 Å². The first-order valence-electron chi connectivity index (χ1n) is 5.44. The normalized spacial score (nSPS) is 12.7. The zero-order valence-electron chi connectivity index (χ0n) is 10.2. The molecule has 0 aliphatic rings. The molecule has 0 atom stereocenters. The summed E-state index contributed by atoms with van der Waals surface area (Å²) in [6.07, 6.45) is 0. The molecule has 0 aliphatic carbocycles. The molecule has 0 spiro atoms. The van der Waals surface area contributed by atoms with Gasteiger partial charge in [-0.2, -0.15) is 0 Å². The summed E-state index contributed by atoms with van der Waals surface area (Å²) in [5.41, 5.74) is 5.94. The van der Waals surface area contributed by atoms with Gasteiger partial charge in [-0.05, 0) is 39.1 Å². The number of rotatable bonds is 5. The highest BCUT2D eigenvalue weighted by Crippen LogP contribution is 2.15. The largest absolute Gasteiger partial charge is 0.324 e. The van der Waals surface area contributed by atoms with Crippen LogP contribution in [0.15, 0.2) is 17.5 Å². The Balaban J connectivity index is 2.59. The number of hydrogen-bond donors (Lipinski definition) is 1. The minimum Gasteiger partial charge on any atom is -0.324 e. The van der Waals surface area contributed by atoms with Crippen LogP contribution in [0.25, 0.3) is 0 Å². The first-order chi connectivity index (χ1) is 6.88. The predicted molar refractivity (Wildman–Crippen MR) is 68.1 cm³/mol. The predicted octanol–water partition coefficient (Wildman–Crippen LogP) is 2.70. The molecule has 0 fully saturated rings. The quantitative estimate of drug-likeness (QED) is 0.836. The molecule has 1 rings (SSSR count). The average molecular weight is 226 g/mol. The van der Waals surface area contributed by atoms with Gasteiger partial charge in [0.1, 0.15) is 0 Å². The molecule has 0 aliphatic heterocycles. The molecule has 2 N–H and O–H groups in total. The van der Waals surface area contributed by atoms with Crippen LogP contribution in [0.5, 0.6) is 0 Å². The van der Waals surface area contributed by atoms with E-state index in [9.17, 15) is 0 Å². The van der Waals surface area contributed by atoms with Gasteiger partial charge in [-0.1, -0.05) is 6.07 Å². The highest BCUT2D eigenvalue weighted by molar-refractivity contribution is 7.09. The molecule has 1 aromatic rings. The molecular formula is C12H22N2S. The van der Waals surface area contributed by atoms with Crippen LogP contribution in [0.2, 0.25) is 0 Å². The Bertz CT molecular complexity index is 272. The Labute approximate surface area is 97.1 Å². The highest BCUT2D eigenvalue weighted by Gasteiger charge is 2.19. The lowest BCUT2D eigenvalue weighted by Crippen LogP contribution is -2.47. The molecule has 0 aromatic carbocycles. The summed E-state index contributed by atoms with van der Waals surface area (Å²) >= 11 is 1.81. The third-order valence-electron chi connectivity index (χ3n) is 2.28. The van der Waals surface area contributed by atoms with Gasteiger partial charge < -0.3 is 5.73 Å². The van der Waals surface area contributed by atoms with Gasteiger partial charge in [-0.3, -0.25) is 4.90 Å². The average Bonchev–Trinajstić information content (AvgIpc) is 2.52. The second-order valence-electron chi connectivity index (χ2n) is 5.07. The topological polar surface area (TPSA) is 29.3 Å². The fourth-order valence-electron chi connectivity index (χ4n) is 1.55. The number of thiophene rings is 1. The maximum Gasteiger partial charge on any atom is 0.0331 e. The molecule has 1 aromatic heterocycles. The Morgan fingerprint density at radius 3 is 2.53 bits per heavy atom. The summed E-state index contributed by atoms with van der Waals surface area (Å²) in [7, 11) is 0. The molecule has 15 heavy (non-hydrogen) atoms. The van der Waals surface area contributed by atoms with Crippen molar-refractivity contribution in [2.24, 2.45) is 5.73 Å². The molecule has 0 bridgehead atoms. The van der Waals surface area contributed by atoms with Gasteiger partial charge in [0, 0.05) is 29.5 Å². The van der Waals surface area contributed by atoms with Crippen LogP contribution < -0.4 is 5.73 Å². The van der Waals surface area contributed by atoms with Crippen LogP contribution in [0.4, 0.5) is 0 Å². The smallest absolute Gasteiger partial charge is 0.0331 e. The monoisotopic (exact) mass is 226 g/mol. The fourth-order valence-corrected chi connectivity index (χ4v) is 2.28. The van der Waals surface area contributed by atoms with Crippen molar-refractivity contribution in [1.29, 1.82) is 0 Å². The summed E-state index contributed by atoms with van der Waals surface area (Å²) in [4.78, 5) is 3.83. The number of nitrogens with two attached hydrogens (primary N) is 1. The van der Waals surface area contributed by atoms with Crippen molar-refractivity contribution in [2.45, 2.75) is 45.8 Å². The van der Waals surface area contributed by atoms with Crippen molar-refractivity contribution < 1.29 is 0 Å². The van der Waals surface area contributed by atoms with E-state index >= 15 is 0 Å². The Kier molecular flexibility index (Phi) is 4.32. The molecule has 0 saturated carbocycles. The molecule has 0 unspecified atom stereocenters. The van der Waals surface area contributed by atoms with E-state index in [0.717, 1.165) is 13.1 Å². The van der Waals surface area contributed by atoms with E-state index in [4.69, 9.17) is 5.73 Å². The van der Waals surface area contributed by atoms with E-state index in [1.165, 1.54) is 4.88 Å². The molecule has 0 radical (unpaired) electrons.